The van der Waals surface area contributed by atoms with Crippen LogP contribution in [0.4, 0.5) is 0 Å². The number of rotatable bonds is 7. The Bertz CT molecular complexity index is 580. The zero-order valence-corrected chi connectivity index (χ0v) is 13.2. The van der Waals surface area contributed by atoms with E-state index in [4.69, 9.17) is 4.42 Å². The van der Waals surface area contributed by atoms with Crippen molar-refractivity contribution in [2.75, 3.05) is 19.6 Å². The van der Waals surface area contributed by atoms with Gasteiger partial charge in [-0.25, -0.2) is 13.1 Å². The molecular weight excluding hydrogens is 290 g/mol. The molecule has 2 aliphatic rings. The van der Waals surface area contributed by atoms with E-state index < -0.39 is 10.0 Å². The Hall–Kier alpha value is -0.890. The molecule has 1 atom stereocenters. The smallest absolute Gasteiger partial charge is 0.274 e. The normalized spacial score (nSPS) is 23.8. The maximum Gasteiger partial charge on any atom is 0.274 e. The van der Waals surface area contributed by atoms with Gasteiger partial charge in [0.25, 0.3) is 10.0 Å². The van der Waals surface area contributed by atoms with E-state index in [9.17, 15) is 8.42 Å². The van der Waals surface area contributed by atoms with E-state index in [1.165, 1.54) is 18.9 Å². The predicted octanol–water partition coefficient (Wildman–Crippen LogP) is 0.904. The molecule has 1 unspecified atom stereocenters. The third-order valence-electron chi connectivity index (χ3n) is 4.06. The maximum absolute atomic E-state index is 12.3. The number of hydrogen-bond acceptors (Lipinski definition) is 5. The van der Waals surface area contributed by atoms with Gasteiger partial charge in [-0.15, -0.1) is 0 Å². The van der Waals surface area contributed by atoms with Crippen LogP contribution < -0.4 is 10.0 Å². The van der Waals surface area contributed by atoms with Crippen LogP contribution in [-0.4, -0.2) is 45.0 Å². The van der Waals surface area contributed by atoms with Crippen LogP contribution in [0.15, 0.2) is 21.6 Å². The summed E-state index contributed by atoms with van der Waals surface area (Å²) in [5, 5.41) is 3.13. The van der Waals surface area contributed by atoms with Gasteiger partial charge in [-0.2, -0.15) is 0 Å². The molecule has 2 heterocycles. The number of likely N-dealkylation sites (tertiary alicyclic amines) is 1. The Kier molecular flexibility index (Phi) is 4.35. The molecule has 1 aromatic heterocycles. The molecule has 0 radical (unpaired) electrons. The van der Waals surface area contributed by atoms with Crippen LogP contribution in [0.2, 0.25) is 0 Å². The van der Waals surface area contributed by atoms with Crippen LogP contribution >= 0.6 is 0 Å². The summed E-state index contributed by atoms with van der Waals surface area (Å²) in [5.74, 6) is 0.642. The second kappa shape index (κ2) is 6.08. The van der Waals surface area contributed by atoms with Crippen molar-refractivity contribution in [2.24, 2.45) is 0 Å². The minimum Gasteiger partial charge on any atom is -0.447 e. The molecule has 1 aromatic rings. The van der Waals surface area contributed by atoms with E-state index in [0.29, 0.717) is 18.3 Å². The first-order valence-corrected chi connectivity index (χ1v) is 9.12. The molecule has 0 spiro atoms. The lowest BCUT2D eigenvalue weighted by Gasteiger charge is -2.15. The van der Waals surface area contributed by atoms with Crippen molar-refractivity contribution < 1.29 is 12.8 Å². The van der Waals surface area contributed by atoms with Crippen molar-refractivity contribution >= 4 is 10.0 Å². The van der Waals surface area contributed by atoms with Gasteiger partial charge in [0.1, 0.15) is 5.76 Å². The highest BCUT2D eigenvalue weighted by atomic mass is 32.2. The summed E-state index contributed by atoms with van der Waals surface area (Å²) in [4.78, 5) is 2.38. The lowest BCUT2D eigenvalue weighted by Crippen LogP contribution is -2.37. The van der Waals surface area contributed by atoms with E-state index in [2.05, 4.69) is 14.9 Å². The standard InChI is InChI=1S/C14H23N3O3S/c1-2-15-9-13-5-6-14(20-13)21(18,19)16-11-7-8-17(10-11)12-3-4-12/h5-6,11-12,15-16H,2-4,7-10H2,1H3. The minimum absolute atomic E-state index is 0.00193. The molecule has 1 saturated carbocycles. The van der Waals surface area contributed by atoms with Crippen LogP contribution in [0, 0.1) is 0 Å². The van der Waals surface area contributed by atoms with Crippen molar-refractivity contribution in [3.63, 3.8) is 0 Å². The molecule has 21 heavy (non-hydrogen) atoms. The van der Waals surface area contributed by atoms with Gasteiger partial charge in [-0.05, 0) is 37.9 Å². The highest BCUT2D eigenvalue weighted by molar-refractivity contribution is 7.89. The van der Waals surface area contributed by atoms with Gasteiger partial charge in [0.15, 0.2) is 0 Å². The second-order valence-electron chi connectivity index (χ2n) is 5.83. The van der Waals surface area contributed by atoms with Crippen LogP contribution in [0.5, 0.6) is 0 Å². The SMILES string of the molecule is CCNCc1ccc(S(=O)(=O)NC2CCN(C3CC3)C2)o1. The summed E-state index contributed by atoms with van der Waals surface area (Å²) >= 11 is 0. The summed E-state index contributed by atoms with van der Waals surface area (Å²) in [6.07, 6.45) is 3.39. The molecule has 1 aliphatic heterocycles. The molecule has 0 aromatic carbocycles. The van der Waals surface area contributed by atoms with Crippen LogP contribution in [-0.2, 0) is 16.6 Å². The average molecular weight is 313 g/mol. The zero-order chi connectivity index (χ0) is 14.9. The molecule has 118 valence electrons. The monoisotopic (exact) mass is 313 g/mol. The van der Waals surface area contributed by atoms with Crippen molar-refractivity contribution in [3.05, 3.63) is 17.9 Å². The highest BCUT2D eigenvalue weighted by Crippen LogP contribution is 2.30. The largest absolute Gasteiger partial charge is 0.447 e. The van der Waals surface area contributed by atoms with E-state index in [-0.39, 0.29) is 11.1 Å². The summed E-state index contributed by atoms with van der Waals surface area (Å²) < 4.78 is 32.8. The lowest BCUT2D eigenvalue weighted by atomic mass is 10.3. The molecule has 1 saturated heterocycles. The molecule has 0 bridgehead atoms. The van der Waals surface area contributed by atoms with Crippen LogP contribution in [0.1, 0.15) is 31.9 Å². The number of furan rings is 1. The molecule has 0 amide bonds. The first kappa shape index (κ1) is 15.0. The highest BCUT2D eigenvalue weighted by Gasteiger charge is 2.36. The molecule has 7 heteroatoms. The van der Waals surface area contributed by atoms with Crippen molar-refractivity contribution in [1.82, 2.24) is 14.9 Å². The maximum atomic E-state index is 12.3. The van der Waals surface area contributed by atoms with Gasteiger partial charge >= 0.3 is 0 Å². The number of sulfonamides is 1. The summed E-state index contributed by atoms with van der Waals surface area (Å²) in [7, 11) is -3.55. The van der Waals surface area contributed by atoms with Gasteiger partial charge in [-0.3, -0.25) is 4.90 Å². The molecule has 3 rings (SSSR count). The van der Waals surface area contributed by atoms with Crippen LogP contribution in [0.3, 0.4) is 0 Å². The Morgan fingerprint density at radius 3 is 2.86 bits per heavy atom. The Morgan fingerprint density at radius 1 is 1.33 bits per heavy atom. The Balaban J connectivity index is 1.59. The first-order chi connectivity index (χ1) is 10.1. The van der Waals surface area contributed by atoms with E-state index in [0.717, 1.165) is 26.1 Å². The van der Waals surface area contributed by atoms with Gasteiger partial charge < -0.3 is 9.73 Å². The fraction of sp³-hybridized carbons (Fsp3) is 0.714. The Morgan fingerprint density at radius 2 is 2.14 bits per heavy atom. The molecular formula is C14H23N3O3S. The van der Waals surface area contributed by atoms with E-state index >= 15 is 0 Å². The lowest BCUT2D eigenvalue weighted by molar-refractivity contribution is 0.321. The van der Waals surface area contributed by atoms with Gasteiger partial charge in [-0.1, -0.05) is 6.92 Å². The Labute approximate surface area is 125 Å². The number of nitrogens with zero attached hydrogens (tertiary/aromatic N) is 1. The molecule has 1 aliphatic carbocycles. The third kappa shape index (κ3) is 3.66. The fourth-order valence-corrected chi connectivity index (χ4v) is 3.99. The van der Waals surface area contributed by atoms with Gasteiger partial charge in [0.2, 0.25) is 5.09 Å². The van der Waals surface area contributed by atoms with Crippen molar-refractivity contribution in [3.8, 4) is 0 Å². The fourth-order valence-electron chi connectivity index (χ4n) is 2.78. The van der Waals surface area contributed by atoms with E-state index in [1.807, 2.05) is 6.92 Å². The van der Waals surface area contributed by atoms with Crippen molar-refractivity contribution in [1.29, 1.82) is 0 Å². The van der Waals surface area contributed by atoms with Gasteiger partial charge in [0, 0.05) is 25.2 Å². The molecule has 6 nitrogen and oxygen atoms in total. The number of nitrogens with one attached hydrogen (secondary N) is 2. The van der Waals surface area contributed by atoms with E-state index in [1.54, 1.807) is 6.07 Å². The quantitative estimate of drug-likeness (QED) is 0.782. The average Bonchev–Trinajstić information content (AvgIpc) is 3.00. The van der Waals surface area contributed by atoms with Crippen LogP contribution in [0.25, 0.3) is 0 Å². The zero-order valence-electron chi connectivity index (χ0n) is 12.3. The summed E-state index contributed by atoms with van der Waals surface area (Å²) in [6, 6.07) is 3.93. The molecule has 2 fully saturated rings. The number of hydrogen-bond donors (Lipinski definition) is 2. The van der Waals surface area contributed by atoms with Crippen molar-refractivity contribution in [2.45, 2.75) is 49.9 Å². The van der Waals surface area contributed by atoms with Gasteiger partial charge in [0.05, 0.1) is 6.54 Å². The summed E-state index contributed by atoms with van der Waals surface area (Å²) in [5.41, 5.74) is 0. The topological polar surface area (TPSA) is 74.6 Å². The predicted molar refractivity (Wildman–Crippen MR) is 79.4 cm³/mol. The first-order valence-electron chi connectivity index (χ1n) is 7.64. The third-order valence-corrected chi connectivity index (χ3v) is 5.45. The minimum atomic E-state index is -3.55. The molecule has 2 N–H and O–H groups in total. The summed E-state index contributed by atoms with van der Waals surface area (Å²) in [6.45, 7) is 5.16. The second-order valence-corrected chi connectivity index (χ2v) is 7.48.